The molecular formula is C23H14F3N. The molecule has 0 spiro atoms. The molecule has 3 aromatic carbocycles. The highest BCUT2D eigenvalue weighted by atomic mass is 19.4. The molecule has 4 aromatic rings. The Morgan fingerprint density at radius 1 is 0.741 bits per heavy atom. The summed E-state index contributed by atoms with van der Waals surface area (Å²) in [4.78, 5) is 0. The van der Waals surface area contributed by atoms with Crippen LogP contribution >= 0.6 is 0 Å². The van der Waals surface area contributed by atoms with E-state index in [0.29, 0.717) is 0 Å². The molecule has 132 valence electrons. The molecule has 0 saturated carbocycles. The largest absolute Gasteiger partial charge is 0.416 e. The fourth-order valence-corrected chi connectivity index (χ4v) is 3.75. The van der Waals surface area contributed by atoms with Crippen molar-refractivity contribution in [1.29, 1.82) is 0 Å². The first-order valence-electron chi connectivity index (χ1n) is 8.61. The highest BCUT2D eigenvalue weighted by Crippen LogP contribution is 2.38. The zero-order valence-electron chi connectivity index (χ0n) is 14.2. The first-order valence-corrected chi connectivity index (χ1v) is 8.61. The van der Waals surface area contributed by atoms with E-state index >= 15 is 0 Å². The van der Waals surface area contributed by atoms with Crippen LogP contribution in [0.3, 0.4) is 0 Å². The summed E-state index contributed by atoms with van der Waals surface area (Å²) in [7, 11) is 0. The predicted octanol–water partition coefficient (Wildman–Crippen LogP) is 6.55. The zero-order chi connectivity index (χ0) is 18.6. The summed E-state index contributed by atoms with van der Waals surface area (Å²) in [6.45, 7) is 0. The van der Waals surface area contributed by atoms with Gasteiger partial charge in [-0.25, -0.2) is 0 Å². The Morgan fingerprint density at radius 3 is 2.30 bits per heavy atom. The van der Waals surface area contributed by atoms with E-state index < -0.39 is 11.7 Å². The van der Waals surface area contributed by atoms with Gasteiger partial charge in [-0.15, -0.1) is 0 Å². The van der Waals surface area contributed by atoms with E-state index in [9.17, 15) is 13.2 Å². The van der Waals surface area contributed by atoms with Gasteiger partial charge in [0.2, 0.25) is 0 Å². The lowest BCUT2D eigenvalue weighted by Gasteiger charge is -2.12. The number of hydrogen-bond donors (Lipinski definition) is 0. The van der Waals surface area contributed by atoms with Crippen LogP contribution in [0.1, 0.15) is 22.3 Å². The van der Waals surface area contributed by atoms with E-state index in [1.165, 1.54) is 0 Å². The van der Waals surface area contributed by atoms with Gasteiger partial charge in [-0.2, -0.15) is 13.2 Å². The Kier molecular flexibility index (Phi) is 3.31. The van der Waals surface area contributed by atoms with E-state index in [4.69, 9.17) is 0 Å². The second-order valence-electron chi connectivity index (χ2n) is 6.62. The number of nitrogens with zero attached hydrogens (tertiary/aromatic N) is 1. The minimum Gasteiger partial charge on any atom is -0.315 e. The Balaban J connectivity index is 1.79. The molecule has 0 amide bonds. The van der Waals surface area contributed by atoms with Gasteiger partial charge in [0.05, 0.1) is 16.8 Å². The number of fused-ring (bicyclic) bond motifs is 2. The molecule has 1 aromatic heterocycles. The fourth-order valence-electron chi connectivity index (χ4n) is 3.75. The van der Waals surface area contributed by atoms with Crippen molar-refractivity contribution in [2.75, 3.05) is 0 Å². The van der Waals surface area contributed by atoms with E-state index in [0.717, 1.165) is 51.0 Å². The van der Waals surface area contributed by atoms with Crippen LogP contribution in [0.15, 0.2) is 79.0 Å². The molecule has 0 saturated heterocycles. The Bertz CT molecular complexity index is 1190. The molecule has 0 unspecified atom stereocenters. The quantitative estimate of drug-likeness (QED) is 0.319. The van der Waals surface area contributed by atoms with E-state index in [-0.39, 0.29) is 0 Å². The van der Waals surface area contributed by atoms with Gasteiger partial charge in [-0.05, 0) is 47.0 Å². The molecule has 0 bridgehead atoms. The third-order valence-corrected chi connectivity index (χ3v) is 5.02. The van der Waals surface area contributed by atoms with Crippen molar-refractivity contribution in [1.82, 2.24) is 4.57 Å². The normalized spacial score (nSPS) is 13.2. The molecule has 0 N–H and O–H groups in total. The van der Waals surface area contributed by atoms with Crippen LogP contribution in [-0.2, 0) is 6.18 Å². The molecule has 27 heavy (non-hydrogen) atoms. The molecule has 2 heterocycles. The third-order valence-electron chi connectivity index (χ3n) is 5.02. The summed E-state index contributed by atoms with van der Waals surface area (Å²) in [6.07, 6.45) is -0.242. The Morgan fingerprint density at radius 2 is 1.52 bits per heavy atom. The maximum absolute atomic E-state index is 12.9. The molecular weight excluding hydrogens is 347 g/mol. The van der Waals surface area contributed by atoms with Gasteiger partial charge in [0, 0.05) is 17.1 Å². The van der Waals surface area contributed by atoms with Crippen molar-refractivity contribution in [3.8, 4) is 5.69 Å². The third kappa shape index (κ3) is 2.48. The van der Waals surface area contributed by atoms with Gasteiger partial charge in [0.15, 0.2) is 0 Å². The summed E-state index contributed by atoms with van der Waals surface area (Å²) in [6, 6.07) is 21.5. The molecule has 0 fully saturated rings. The number of hydrogen-bond acceptors (Lipinski definition) is 0. The second kappa shape index (κ2) is 5.61. The van der Waals surface area contributed by atoms with E-state index in [1.807, 2.05) is 42.6 Å². The van der Waals surface area contributed by atoms with Crippen LogP contribution in [-0.4, -0.2) is 4.57 Å². The number of alkyl halides is 3. The molecule has 0 radical (unpaired) electrons. The number of rotatable bonds is 1. The van der Waals surface area contributed by atoms with E-state index in [1.54, 1.807) is 12.1 Å². The molecule has 5 rings (SSSR count). The van der Waals surface area contributed by atoms with Crippen LogP contribution < -0.4 is 0 Å². The van der Waals surface area contributed by atoms with Crippen molar-refractivity contribution in [3.63, 3.8) is 0 Å². The van der Waals surface area contributed by atoms with Crippen LogP contribution in [0, 0.1) is 0 Å². The van der Waals surface area contributed by atoms with Crippen LogP contribution in [0.5, 0.6) is 0 Å². The summed E-state index contributed by atoms with van der Waals surface area (Å²) >= 11 is 0. The zero-order valence-corrected chi connectivity index (χ0v) is 14.2. The van der Waals surface area contributed by atoms with Crippen LogP contribution in [0.4, 0.5) is 13.2 Å². The Labute approximate surface area is 154 Å². The lowest BCUT2D eigenvalue weighted by atomic mass is 9.94. The van der Waals surface area contributed by atoms with Gasteiger partial charge in [-0.3, -0.25) is 0 Å². The first kappa shape index (κ1) is 15.9. The van der Waals surface area contributed by atoms with Gasteiger partial charge in [0.25, 0.3) is 0 Å². The summed E-state index contributed by atoms with van der Waals surface area (Å²) in [5.74, 6) is 0. The summed E-state index contributed by atoms with van der Waals surface area (Å²) in [5, 5.41) is 1.10. The predicted molar refractivity (Wildman–Crippen MR) is 102 cm³/mol. The smallest absolute Gasteiger partial charge is 0.315 e. The van der Waals surface area contributed by atoms with Crippen molar-refractivity contribution in [3.05, 3.63) is 101 Å². The minimum atomic E-state index is -4.34. The molecule has 0 aliphatic carbocycles. The maximum atomic E-state index is 12.9. The lowest BCUT2D eigenvalue weighted by molar-refractivity contribution is -0.137. The van der Waals surface area contributed by atoms with Crippen LogP contribution in [0.25, 0.3) is 28.2 Å². The number of benzene rings is 3. The van der Waals surface area contributed by atoms with Gasteiger partial charge in [0.1, 0.15) is 0 Å². The molecule has 1 aliphatic heterocycles. The monoisotopic (exact) mass is 361 g/mol. The van der Waals surface area contributed by atoms with Crippen molar-refractivity contribution in [2.45, 2.75) is 6.18 Å². The molecule has 4 heteroatoms. The number of aromatic nitrogens is 1. The minimum absolute atomic E-state index is 0.637. The highest BCUT2D eigenvalue weighted by molar-refractivity contribution is 6.04. The summed E-state index contributed by atoms with van der Waals surface area (Å²) < 4.78 is 41.0. The SMILES string of the molecule is FC(F)(F)c1ccc(C2=Cc3ccccc3-n3ccc4cccc2c43)cc1. The Hall–Kier alpha value is -3.27. The molecule has 0 atom stereocenters. The average molecular weight is 361 g/mol. The maximum Gasteiger partial charge on any atom is 0.416 e. The summed E-state index contributed by atoms with van der Waals surface area (Å²) in [5.41, 5.74) is 5.20. The first-order chi connectivity index (χ1) is 13.0. The lowest BCUT2D eigenvalue weighted by Crippen LogP contribution is -2.04. The number of para-hydroxylation sites is 2. The van der Waals surface area contributed by atoms with Gasteiger partial charge < -0.3 is 4.57 Å². The van der Waals surface area contributed by atoms with E-state index in [2.05, 4.69) is 22.8 Å². The standard InChI is InChI=1S/C23H14F3N/c24-23(25,26)18-10-8-15(9-11-18)20-14-17-4-1-2-7-21(17)27-13-12-16-5-3-6-19(20)22(16)27/h1-14H. The highest BCUT2D eigenvalue weighted by Gasteiger charge is 2.30. The molecule has 1 aliphatic rings. The molecule has 1 nitrogen and oxygen atoms in total. The van der Waals surface area contributed by atoms with Gasteiger partial charge in [-0.1, -0.05) is 48.5 Å². The van der Waals surface area contributed by atoms with Gasteiger partial charge >= 0.3 is 6.18 Å². The second-order valence-corrected chi connectivity index (χ2v) is 6.62. The van der Waals surface area contributed by atoms with Crippen LogP contribution in [0.2, 0.25) is 0 Å². The van der Waals surface area contributed by atoms with Crippen molar-refractivity contribution in [2.24, 2.45) is 0 Å². The number of halogens is 3. The fraction of sp³-hybridized carbons (Fsp3) is 0.0435. The average Bonchev–Trinajstić information content (AvgIpc) is 3.04. The van der Waals surface area contributed by atoms with Crippen molar-refractivity contribution < 1.29 is 13.2 Å². The topological polar surface area (TPSA) is 4.93 Å². The van der Waals surface area contributed by atoms with Crippen molar-refractivity contribution >= 4 is 22.6 Å².